The minimum Gasteiger partial charge on any atom is -0.341 e. The zero-order valence-electron chi connectivity index (χ0n) is 10.0. The Bertz CT molecular complexity index is 375. The highest BCUT2D eigenvalue weighted by atomic mass is 16.2. The topological polar surface area (TPSA) is 32.3 Å². The van der Waals surface area contributed by atoms with Crippen LogP contribution in [0, 0.1) is 0 Å². The number of carbonyl (C=O) groups excluding carboxylic acids is 1. The van der Waals surface area contributed by atoms with Gasteiger partial charge in [0.05, 0.1) is 5.54 Å². The van der Waals surface area contributed by atoms with E-state index in [1.807, 2.05) is 37.3 Å². The molecule has 1 aromatic carbocycles. The van der Waals surface area contributed by atoms with Crippen LogP contribution >= 0.6 is 0 Å². The van der Waals surface area contributed by atoms with Gasteiger partial charge < -0.3 is 10.2 Å². The Morgan fingerprint density at radius 3 is 2.44 bits per heavy atom. The zero-order chi connectivity index (χ0) is 12.2. The van der Waals surface area contributed by atoms with E-state index in [1.54, 1.807) is 25.1 Å². The molecule has 0 fully saturated rings. The van der Waals surface area contributed by atoms with E-state index in [0.29, 0.717) is 0 Å². The standard InChI is InChI=1S/C13H18N2O/c1-5-13(2,15(4)12(16)14-3)11-9-7-6-8-10-11/h5-10H,1H2,2-4H3,(H,14,16)/t13-/m1/s1. The van der Waals surface area contributed by atoms with Crippen molar-refractivity contribution in [1.29, 1.82) is 0 Å². The molecule has 0 aliphatic heterocycles. The van der Waals surface area contributed by atoms with Crippen molar-refractivity contribution in [3.8, 4) is 0 Å². The van der Waals surface area contributed by atoms with Crippen LogP contribution in [0.2, 0.25) is 0 Å². The molecule has 16 heavy (non-hydrogen) atoms. The summed E-state index contributed by atoms with van der Waals surface area (Å²) in [6.45, 7) is 5.79. The van der Waals surface area contributed by atoms with Gasteiger partial charge in [-0.15, -0.1) is 6.58 Å². The number of hydrogen-bond donors (Lipinski definition) is 1. The van der Waals surface area contributed by atoms with Crippen molar-refractivity contribution in [2.45, 2.75) is 12.5 Å². The third kappa shape index (κ3) is 2.08. The molecular formula is C13H18N2O. The van der Waals surface area contributed by atoms with Gasteiger partial charge in [-0.1, -0.05) is 36.4 Å². The minimum absolute atomic E-state index is 0.133. The maximum Gasteiger partial charge on any atom is 0.317 e. The van der Waals surface area contributed by atoms with Crippen LogP contribution in [-0.4, -0.2) is 25.0 Å². The lowest BCUT2D eigenvalue weighted by Gasteiger charge is -2.36. The summed E-state index contributed by atoms with van der Waals surface area (Å²) in [5.74, 6) is 0. The van der Waals surface area contributed by atoms with E-state index >= 15 is 0 Å². The smallest absolute Gasteiger partial charge is 0.317 e. The van der Waals surface area contributed by atoms with Gasteiger partial charge in [0.25, 0.3) is 0 Å². The number of carbonyl (C=O) groups is 1. The second kappa shape index (κ2) is 4.84. The quantitative estimate of drug-likeness (QED) is 0.776. The first-order chi connectivity index (χ1) is 7.56. The zero-order valence-corrected chi connectivity index (χ0v) is 10.0. The van der Waals surface area contributed by atoms with Crippen LogP contribution in [0.25, 0.3) is 0 Å². The van der Waals surface area contributed by atoms with Gasteiger partial charge >= 0.3 is 6.03 Å². The minimum atomic E-state index is -0.499. The fraction of sp³-hybridized carbons (Fsp3) is 0.308. The molecule has 2 amide bonds. The highest BCUT2D eigenvalue weighted by molar-refractivity contribution is 5.75. The highest BCUT2D eigenvalue weighted by Crippen LogP contribution is 2.27. The van der Waals surface area contributed by atoms with Crippen LogP contribution in [0.1, 0.15) is 12.5 Å². The molecule has 0 heterocycles. The third-order valence-electron chi connectivity index (χ3n) is 2.97. The van der Waals surface area contributed by atoms with Gasteiger partial charge in [-0.05, 0) is 12.5 Å². The van der Waals surface area contributed by atoms with Crippen molar-refractivity contribution in [3.05, 3.63) is 48.6 Å². The Morgan fingerprint density at radius 2 is 2.00 bits per heavy atom. The molecular weight excluding hydrogens is 200 g/mol. The number of urea groups is 1. The number of nitrogens with one attached hydrogen (secondary N) is 1. The number of hydrogen-bond acceptors (Lipinski definition) is 1. The SMILES string of the molecule is C=C[C@](C)(c1ccccc1)N(C)C(=O)NC. The van der Waals surface area contributed by atoms with Gasteiger partial charge in [0.15, 0.2) is 0 Å². The van der Waals surface area contributed by atoms with E-state index in [1.165, 1.54) is 0 Å². The van der Waals surface area contributed by atoms with E-state index in [4.69, 9.17) is 0 Å². The Balaban J connectivity index is 3.12. The molecule has 0 saturated carbocycles. The predicted octanol–water partition coefficient (Wildman–Crippen LogP) is 2.36. The van der Waals surface area contributed by atoms with Crippen LogP contribution in [-0.2, 0) is 5.54 Å². The van der Waals surface area contributed by atoms with Gasteiger partial charge in [-0.25, -0.2) is 4.79 Å². The van der Waals surface area contributed by atoms with Gasteiger partial charge in [0.1, 0.15) is 0 Å². The number of nitrogens with zero attached hydrogens (tertiary/aromatic N) is 1. The predicted molar refractivity (Wildman–Crippen MR) is 66.2 cm³/mol. The number of likely N-dealkylation sites (N-methyl/N-ethyl adjacent to an activating group) is 1. The molecule has 0 aliphatic carbocycles. The van der Waals surface area contributed by atoms with E-state index in [-0.39, 0.29) is 6.03 Å². The largest absolute Gasteiger partial charge is 0.341 e. The summed E-state index contributed by atoms with van der Waals surface area (Å²) in [6.07, 6.45) is 1.78. The lowest BCUT2D eigenvalue weighted by molar-refractivity contribution is 0.172. The molecule has 1 aromatic rings. The Hall–Kier alpha value is -1.77. The normalized spacial score (nSPS) is 13.7. The van der Waals surface area contributed by atoms with Crippen molar-refractivity contribution >= 4 is 6.03 Å². The summed E-state index contributed by atoms with van der Waals surface area (Å²) in [6, 6.07) is 9.70. The van der Waals surface area contributed by atoms with Crippen LogP contribution in [0.3, 0.4) is 0 Å². The van der Waals surface area contributed by atoms with Gasteiger partial charge in [0.2, 0.25) is 0 Å². The van der Waals surface area contributed by atoms with Crippen molar-refractivity contribution in [1.82, 2.24) is 10.2 Å². The Labute approximate surface area is 96.8 Å². The molecule has 0 bridgehead atoms. The lowest BCUT2D eigenvalue weighted by atomic mass is 9.91. The van der Waals surface area contributed by atoms with Crippen LogP contribution in [0.15, 0.2) is 43.0 Å². The molecule has 3 nitrogen and oxygen atoms in total. The Morgan fingerprint density at radius 1 is 1.44 bits per heavy atom. The maximum absolute atomic E-state index is 11.7. The summed E-state index contributed by atoms with van der Waals surface area (Å²) in [7, 11) is 3.38. The van der Waals surface area contributed by atoms with Crippen LogP contribution in [0.5, 0.6) is 0 Å². The fourth-order valence-electron chi connectivity index (χ4n) is 1.60. The molecule has 0 aliphatic rings. The first-order valence-corrected chi connectivity index (χ1v) is 5.21. The van der Waals surface area contributed by atoms with E-state index in [0.717, 1.165) is 5.56 Å². The number of rotatable bonds is 3. The average molecular weight is 218 g/mol. The molecule has 0 spiro atoms. The van der Waals surface area contributed by atoms with Gasteiger partial charge in [0, 0.05) is 14.1 Å². The fourth-order valence-corrected chi connectivity index (χ4v) is 1.60. The second-order valence-electron chi connectivity index (χ2n) is 3.83. The third-order valence-corrected chi connectivity index (χ3v) is 2.97. The van der Waals surface area contributed by atoms with Crippen LogP contribution < -0.4 is 5.32 Å². The van der Waals surface area contributed by atoms with E-state index in [9.17, 15) is 4.79 Å². The molecule has 1 atom stereocenters. The van der Waals surface area contributed by atoms with Crippen LogP contribution in [0.4, 0.5) is 4.79 Å². The molecule has 86 valence electrons. The molecule has 0 unspecified atom stereocenters. The molecule has 0 saturated heterocycles. The molecule has 1 N–H and O–H groups in total. The Kier molecular flexibility index (Phi) is 3.72. The first-order valence-electron chi connectivity index (χ1n) is 5.21. The summed E-state index contributed by atoms with van der Waals surface area (Å²) in [5.41, 5.74) is 0.539. The van der Waals surface area contributed by atoms with Crippen molar-refractivity contribution < 1.29 is 4.79 Å². The van der Waals surface area contributed by atoms with E-state index in [2.05, 4.69) is 11.9 Å². The summed E-state index contributed by atoms with van der Waals surface area (Å²) in [5, 5.41) is 2.61. The first kappa shape index (κ1) is 12.3. The maximum atomic E-state index is 11.7. The number of benzene rings is 1. The molecule has 0 aromatic heterocycles. The monoisotopic (exact) mass is 218 g/mol. The van der Waals surface area contributed by atoms with Gasteiger partial charge in [-0.2, -0.15) is 0 Å². The molecule has 1 rings (SSSR count). The molecule has 3 heteroatoms. The lowest BCUT2D eigenvalue weighted by Crippen LogP contribution is -2.47. The van der Waals surface area contributed by atoms with Crippen molar-refractivity contribution in [3.63, 3.8) is 0 Å². The average Bonchev–Trinajstić information content (AvgIpc) is 2.37. The summed E-state index contributed by atoms with van der Waals surface area (Å²) < 4.78 is 0. The molecule has 0 radical (unpaired) electrons. The highest BCUT2D eigenvalue weighted by Gasteiger charge is 2.30. The number of amides is 2. The van der Waals surface area contributed by atoms with Crippen molar-refractivity contribution in [2.75, 3.05) is 14.1 Å². The van der Waals surface area contributed by atoms with Crippen molar-refractivity contribution in [2.24, 2.45) is 0 Å². The summed E-state index contributed by atoms with van der Waals surface area (Å²) in [4.78, 5) is 13.3. The second-order valence-corrected chi connectivity index (χ2v) is 3.83. The summed E-state index contributed by atoms with van der Waals surface area (Å²) >= 11 is 0. The van der Waals surface area contributed by atoms with E-state index < -0.39 is 5.54 Å². The van der Waals surface area contributed by atoms with Gasteiger partial charge in [-0.3, -0.25) is 0 Å².